The number of carboxylic acid groups (broad SMARTS) is 1. The van der Waals surface area contributed by atoms with Gasteiger partial charge in [-0.3, -0.25) is 9.48 Å². The third-order valence-electron chi connectivity index (χ3n) is 3.41. The van der Waals surface area contributed by atoms with E-state index in [4.69, 9.17) is 16.7 Å². The molecule has 2 aromatic heterocycles. The Kier molecular flexibility index (Phi) is 4.80. The number of halogens is 1. The van der Waals surface area contributed by atoms with Gasteiger partial charge in [-0.2, -0.15) is 10.2 Å². The molecule has 9 heteroatoms. The van der Waals surface area contributed by atoms with Crippen LogP contribution in [0.3, 0.4) is 0 Å². The van der Waals surface area contributed by atoms with Crippen LogP contribution in [0.2, 0.25) is 5.02 Å². The van der Waals surface area contributed by atoms with E-state index in [9.17, 15) is 9.59 Å². The number of nitrogens with one attached hydrogen (secondary N) is 1. The summed E-state index contributed by atoms with van der Waals surface area (Å²) in [6, 6.07) is 8.59. The predicted molar refractivity (Wildman–Crippen MR) is 90.6 cm³/mol. The molecule has 8 nitrogen and oxygen atoms in total. The van der Waals surface area contributed by atoms with Crippen LogP contribution in [0.5, 0.6) is 0 Å². The van der Waals surface area contributed by atoms with E-state index in [2.05, 4.69) is 15.5 Å². The maximum absolute atomic E-state index is 12.0. The number of hydrogen-bond donors (Lipinski definition) is 2. The fraction of sp³-hybridized carbons (Fsp3) is 0.125. The van der Waals surface area contributed by atoms with Crippen molar-refractivity contribution < 1.29 is 14.7 Å². The van der Waals surface area contributed by atoms with E-state index in [1.807, 2.05) is 12.1 Å². The van der Waals surface area contributed by atoms with Crippen molar-refractivity contribution in [1.82, 2.24) is 19.6 Å². The van der Waals surface area contributed by atoms with Gasteiger partial charge in [-0.1, -0.05) is 23.7 Å². The highest BCUT2D eigenvalue weighted by atomic mass is 35.5. The van der Waals surface area contributed by atoms with E-state index in [1.165, 1.54) is 12.3 Å². The van der Waals surface area contributed by atoms with Crippen LogP contribution < -0.4 is 5.32 Å². The highest BCUT2D eigenvalue weighted by Gasteiger charge is 2.13. The summed E-state index contributed by atoms with van der Waals surface area (Å²) in [6.07, 6.45) is 4.63. The lowest BCUT2D eigenvalue weighted by Gasteiger charge is -2.08. The lowest BCUT2D eigenvalue weighted by atomic mass is 10.2. The summed E-state index contributed by atoms with van der Waals surface area (Å²) in [7, 11) is 0. The summed E-state index contributed by atoms with van der Waals surface area (Å²) in [5, 5.41) is 20.2. The van der Waals surface area contributed by atoms with E-state index in [0.29, 0.717) is 17.3 Å². The maximum Gasteiger partial charge on any atom is 0.354 e. The van der Waals surface area contributed by atoms with Crippen LogP contribution in [0.25, 0.3) is 0 Å². The fourth-order valence-corrected chi connectivity index (χ4v) is 2.44. The Hall–Kier alpha value is -3.13. The first-order valence-corrected chi connectivity index (χ1v) is 7.71. The van der Waals surface area contributed by atoms with Gasteiger partial charge in [-0.15, -0.1) is 0 Å². The Bertz CT molecular complexity index is 901. The first-order chi connectivity index (χ1) is 12.0. The van der Waals surface area contributed by atoms with Gasteiger partial charge < -0.3 is 10.4 Å². The molecule has 0 spiro atoms. The molecule has 1 amide bonds. The molecule has 0 saturated heterocycles. The van der Waals surface area contributed by atoms with Crippen molar-refractivity contribution in [3.8, 4) is 0 Å². The molecule has 128 valence electrons. The molecule has 0 aliphatic rings. The van der Waals surface area contributed by atoms with Crippen LogP contribution in [-0.4, -0.2) is 36.5 Å². The van der Waals surface area contributed by atoms with E-state index in [1.54, 1.807) is 29.2 Å². The normalized spacial score (nSPS) is 10.6. The molecule has 0 aliphatic heterocycles. The van der Waals surface area contributed by atoms with Gasteiger partial charge in [0, 0.05) is 18.1 Å². The molecule has 0 bridgehead atoms. The van der Waals surface area contributed by atoms with Gasteiger partial charge in [-0.05, 0) is 23.8 Å². The minimum absolute atomic E-state index is 0.0385. The highest BCUT2D eigenvalue weighted by molar-refractivity contribution is 6.30. The molecule has 2 N–H and O–H groups in total. The van der Waals surface area contributed by atoms with Crippen LogP contribution in [0, 0.1) is 0 Å². The van der Waals surface area contributed by atoms with Gasteiger partial charge in [0.25, 0.3) is 0 Å². The van der Waals surface area contributed by atoms with Gasteiger partial charge in [0.2, 0.25) is 5.91 Å². The summed E-state index contributed by atoms with van der Waals surface area (Å²) >= 11 is 5.82. The van der Waals surface area contributed by atoms with Crippen LogP contribution in [0.4, 0.5) is 5.69 Å². The highest BCUT2D eigenvalue weighted by Crippen LogP contribution is 2.12. The molecule has 0 aliphatic carbocycles. The monoisotopic (exact) mass is 359 g/mol. The van der Waals surface area contributed by atoms with Crippen molar-refractivity contribution in [3.05, 3.63) is 65.2 Å². The van der Waals surface area contributed by atoms with Crippen molar-refractivity contribution in [2.24, 2.45) is 0 Å². The van der Waals surface area contributed by atoms with Crippen molar-refractivity contribution >= 4 is 29.2 Å². The second-order valence-electron chi connectivity index (χ2n) is 5.28. The van der Waals surface area contributed by atoms with Crippen LogP contribution in [0.1, 0.15) is 16.1 Å². The number of carbonyl (C=O) groups excluding carboxylic acids is 1. The van der Waals surface area contributed by atoms with Gasteiger partial charge in [0.15, 0.2) is 0 Å². The molecular weight excluding hydrogens is 346 g/mol. The zero-order valence-corrected chi connectivity index (χ0v) is 13.7. The number of aromatic nitrogens is 4. The average molecular weight is 360 g/mol. The standard InChI is InChI=1S/C16H14ClN5O3/c17-12-7-19-21(9-12)8-11-1-3-13(4-2-11)20-15(23)10-22-14(16(24)25)5-6-18-22/h1-7,9H,8,10H2,(H,20,23)(H,24,25). The van der Waals surface area contributed by atoms with Crippen LogP contribution >= 0.6 is 11.6 Å². The summed E-state index contributed by atoms with van der Waals surface area (Å²) in [6.45, 7) is 0.387. The van der Waals surface area contributed by atoms with Crippen molar-refractivity contribution in [3.63, 3.8) is 0 Å². The molecule has 0 fully saturated rings. The summed E-state index contributed by atoms with van der Waals surface area (Å²) in [4.78, 5) is 23.0. The fourth-order valence-electron chi connectivity index (χ4n) is 2.28. The second kappa shape index (κ2) is 7.18. The Morgan fingerprint density at radius 3 is 2.56 bits per heavy atom. The minimum Gasteiger partial charge on any atom is -0.477 e. The summed E-state index contributed by atoms with van der Waals surface area (Å²) in [5.41, 5.74) is 1.57. The van der Waals surface area contributed by atoms with Gasteiger partial charge >= 0.3 is 5.97 Å². The SMILES string of the molecule is O=C(Cn1nccc1C(=O)O)Nc1ccc(Cn2cc(Cl)cn2)cc1. The molecule has 25 heavy (non-hydrogen) atoms. The number of benzene rings is 1. The lowest BCUT2D eigenvalue weighted by Crippen LogP contribution is -2.22. The van der Waals surface area contributed by atoms with Crippen molar-refractivity contribution in [2.75, 3.05) is 5.32 Å². The number of anilines is 1. The third kappa shape index (κ3) is 4.24. The zero-order chi connectivity index (χ0) is 17.8. The molecule has 1 aromatic carbocycles. The Labute approximate surface area is 147 Å². The first-order valence-electron chi connectivity index (χ1n) is 7.33. The Morgan fingerprint density at radius 2 is 1.92 bits per heavy atom. The van der Waals surface area contributed by atoms with E-state index < -0.39 is 5.97 Å². The number of hydrogen-bond acceptors (Lipinski definition) is 4. The van der Waals surface area contributed by atoms with E-state index in [-0.39, 0.29) is 18.1 Å². The number of carbonyl (C=O) groups is 2. The van der Waals surface area contributed by atoms with Crippen molar-refractivity contribution in [2.45, 2.75) is 13.1 Å². The predicted octanol–water partition coefficient (Wildman–Crippen LogP) is 2.12. The lowest BCUT2D eigenvalue weighted by molar-refractivity contribution is -0.116. The summed E-state index contributed by atoms with van der Waals surface area (Å²) < 4.78 is 2.84. The largest absolute Gasteiger partial charge is 0.477 e. The first kappa shape index (κ1) is 16.7. The minimum atomic E-state index is -1.13. The van der Waals surface area contributed by atoms with E-state index in [0.717, 1.165) is 10.2 Å². The molecule has 0 unspecified atom stereocenters. The Balaban J connectivity index is 1.60. The zero-order valence-electron chi connectivity index (χ0n) is 13.0. The number of aromatic carboxylic acids is 1. The molecule has 3 aromatic rings. The smallest absolute Gasteiger partial charge is 0.354 e. The summed E-state index contributed by atoms with van der Waals surface area (Å²) in [5.74, 6) is -1.49. The second-order valence-corrected chi connectivity index (χ2v) is 5.72. The Morgan fingerprint density at radius 1 is 1.16 bits per heavy atom. The van der Waals surface area contributed by atoms with Crippen LogP contribution in [-0.2, 0) is 17.9 Å². The van der Waals surface area contributed by atoms with Crippen molar-refractivity contribution in [1.29, 1.82) is 0 Å². The molecule has 0 radical (unpaired) electrons. The molecule has 2 heterocycles. The number of rotatable bonds is 6. The van der Waals surface area contributed by atoms with Crippen LogP contribution in [0.15, 0.2) is 48.9 Å². The molecule has 3 rings (SSSR count). The average Bonchev–Trinajstić information content (AvgIpc) is 3.18. The van der Waals surface area contributed by atoms with Gasteiger partial charge in [-0.25, -0.2) is 9.48 Å². The number of carboxylic acids is 1. The van der Waals surface area contributed by atoms with E-state index >= 15 is 0 Å². The molecule has 0 atom stereocenters. The van der Waals surface area contributed by atoms with Gasteiger partial charge in [0.05, 0.1) is 17.8 Å². The number of nitrogens with zero attached hydrogens (tertiary/aromatic N) is 4. The maximum atomic E-state index is 12.0. The molecular formula is C16H14ClN5O3. The molecule has 0 saturated carbocycles. The quantitative estimate of drug-likeness (QED) is 0.701. The van der Waals surface area contributed by atoms with Gasteiger partial charge in [0.1, 0.15) is 12.2 Å². The topological polar surface area (TPSA) is 102 Å². The number of amides is 1. The third-order valence-corrected chi connectivity index (χ3v) is 3.61.